The first-order valence-electron chi connectivity index (χ1n) is 5.83. The molecule has 1 rings (SSSR count). The van der Waals surface area contributed by atoms with E-state index in [1.165, 1.54) is 0 Å². The number of nitrogens with two attached hydrogens (primary N) is 1. The van der Waals surface area contributed by atoms with Crippen LogP contribution < -0.4 is 5.73 Å². The number of carbonyl (C=O) groups excluding carboxylic acids is 1. The van der Waals surface area contributed by atoms with Crippen molar-refractivity contribution in [3.63, 3.8) is 0 Å². The lowest BCUT2D eigenvalue weighted by Crippen LogP contribution is -2.32. The van der Waals surface area contributed by atoms with Crippen LogP contribution in [0.2, 0.25) is 0 Å². The minimum Gasteiger partial charge on any atom is -0.372 e. The van der Waals surface area contributed by atoms with Gasteiger partial charge in [0.1, 0.15) is 6.61 Å². The molecule has 16 heavy (non-hydrogen) atoms. The highest BCUT2D eigenvalue weighted by atomic mass is 35.5. The standard InChI is InChI=1S/C11H22N2O2.ClH/c1-2-3-6-15-9-11(14)13-5-4-10(7-12)8-13;/h10H,2-9,12H2,1H3;1H. The summed E-state index contributed by atoms with van der Waals surface area (Å²) in [5.74, 6) is 0.603. The predicted octanol–water partition coefficient (Wildman–Crippen LogP) is 1.03. The molecule has 1 amide bonds. The average molecular weight is 251 g/mol. The minimum absolute atomic E-state index is 0. The maximum Gasteiger partial charge on any atom is 0.248 e. The Kier molecular flexibility index (Phi) is 8.61. The van der Waals surface area contributed by atoms with Gasteiger partial charge in [-0.15, -0.1) is 12.4 Å². The first-order valence-corrected chi connectivity index (χ1v) is 5.83. The highest BCUT2D eigenvalue weighted by Crippen LogP contribution is 2.14. The summed E-state index contributed by atoms with van der Waals surface area (Å²) >= 11 is 0. The third-order valence-corrected chi connectivity index (χ3v) is 2.84. The third kappa shape index (κ3) is 5.14. The van der Waals surface area contributed by atoms with Crippen molar-refractivity contribution >= 4 is 18.3 Å². The topological polar surface area (TPSA) is 55.6 Å². The molecule has 1 saturated heterocycles. The maximum absolute atomic E-state index is 11.6. The zero-order valence-corrected chi connectivity index (χ0v) is 10.8. The molecule has 5 heteroatoms. The number of carbonyl (C=O) groups is 1. The summed E-state index contributed by atoms with van der Waals surface area (Å²) in [5.41, 5.74) is 5.57. The van der Waals surface area contributed by atoms with Crippen LogP contribution in [0.25, 0.3) is 0 Å². The summed E-state index contributed by atoms with van der Waals surface area (Å²) in [6, 6.07) is 0. The Labute approximate surface area is 104 Å². The molecule has 0 aromatic carbocycles. The summed E-state index contributed by atoms with van der Waals surface area (Å²) < 4.78 is 5.29. The number of likely N-dealkylation sites (tertiary alicyclic amines) is 1. The van der Waals surface area contributed by atoms with Gasteiger partial charge in [0.05, 0.1) is 0 Å². The fraction of sp³-hybridized carbons (Fsp3) is 0.909. The molecule has 0 radical (unpaired) electrons. The Morgan fingerprint density at radius 2 is 2.31 bits per heavy atom. The fourth-order valence-electron chi connectivity index (χ4n) is 1.75. The van der Waals surface area contributed by atoms with Gasteiger partial charge >= 0.3 is 0 Å². The van der Waals surface area contributed by atoms with Crippen LogP contribution in [0.5, 0.6) is 0 Å². The van der Waals surface area contributed by atoms with Crippen molar-refractivity contribution in [2.75, 3.05) is 32.8 Å². The Hall–Kier alpha value is -0.320. The van der Waals surface area contributed by atoms with E-state index in [-0.39, 0.29) is 24.9 Å². The van der Waals surface area contributed by atoms with E-state index >= 15 is 0 Å². The van der Waals surface area contributed by atoms with Crippen LogP contribution in [0.4, 0.5) is 0 Å². The summed E-state index contributed by atoms with van der Waals surface area (Å²) in [6.45, 7) is 5.37. The molecule has 0 aromatic heterocycles. The second-order valence-corrected chi connectivity index (χ2v) is 4.14. The van der Waals surface area contributed by atoms with Crippen LogP contribution in [-0.2, 0) is 9.53 Å². The van der Waals surface area contributed by atoms with Gasteiger partial charge < -0.3 is 15.4 Å². The summed E-state index contributed by atoms with van der Waals surface area (Å²) in [4.78, 5) is 13.5. The number of halogens is 1. The zero-order valence-electron chi connectivity index (χ0n) is 9.98. The highest BCUT2D eigenvalue weighted by molar-refractivity contribution is 5.85. The third-order valence-electron chi connectivity index (χ3n) is 2.84. The molecule has 1 atom stereocenters. The van der Waals surface area contributed by atoms with Gasteiger partial charge in [0, 0.05) is 19.7 Å². The zero-order chi connectivity index (χ0) is 11.1. The molecule has 0 aromatic rings. The first kappa shape index (κ1) is 15.7. The SMILES string of the molecule is CCCCOCC(=O)N1CCC(CN)C1.Cl. The van der Waals surface area contributed by atoms with Gasteiger partial charge in [-0.3, -0.25) is 4.79 Å². The van der Waals surface area contributed by atoms with Gasteiger partial charge in [-0.05, 0) is 25.3 Å². The second kappa shape index (κ2) is 8.79. The largest absolute Gasteiger partial charge is 0.372 e. The van der Waals surface area contributed by atoms with Crippen molar-refractivity contribution in [2.45, 2.75) is 26.2 Å². The summed E-state index contributed by atoms with van der Waals surface area (Å²) in [7, 11) is 0. The predicted molar refractivity (Wildman–Crippen MR) is 66.7 cm³/mol. The number of unbranched alkanes of at least 4 members (excludes halogenated alkanes) is 1. The fourth-order valence-corrected chi connectivity index (χ4v) is 1.75. The molecular formula is C11H23ClN2O2. The van der Waals surface area contributed by atoms with Crippen molar-refractivity contribution in [2.24, 2.45) is 11.7 Å². The van der Waals surface area contributed by atoms with Crippen LogP contribution in [-0.4, -0.2) is 43.7 Å². The smallest absolute Gasteiger partial charge is 0.248 e. The Balaban J connectivity index is 0.00000225. The molecule has 0 bridgehead atoms. The van der Waals surface area contributed by atoms with Gasteiger partial charge in [0.2, 0.25) is 5.91 Å². The van der Waals surface area contributed by atoms with Crippen molar-refractivity contribution < 1.29 is 9.53 Å². The molecule has 1 aliphatic heterocycles. The van der Waals surface area contributed by atoms with E-state index in [2.05, 4.69) is 6.92 Å². The van der Waals surface area contributed by atoms with Crippen molar-refractivity contribution in [3.8, 4) is 0 Å². The Morgan fingerprint density at radius 1 is 1.56 bits per heavy atom. The summed E-state index contributed by atoms with van der Waals surface area (Å²) in [5, 5.41) is 0. The normalized spacial score (nSPS) is 19.6. The van der Waals surface area contributed by atoms with Crippen LogP contribution in [0.3, 0.4) is 0 Å². The Bertz CT molecular complexity index is 202. The number of amides is 1. The number of rotatable bonds is 6. The first-order chi connectivity index (χ1) is 7.27. The molecule has 0 saturated carbocycles. The number of hydrogen-bond donors (Lipinski definition) is 1. The molecule has 4 nitrogen and oxygen atoms in total. The maximum atomic E-state index is 11.6. The molecule has 1 aliphatic rings. The number of ether oxygens (including phenoxy) is 1. The molecule has 2 N–H and O–H groups in total. The van der Waals surface area contributed by atoms with Crippen LogP contribution in [0, 0.1) is 5.92 Å². The summed E-state index contributed by atoms with van der Waals surface area (Å²) in [6.07, 6.45) is 3.17. The molecule has 1 unspecified atom stereocenters. The van der Waals surface area contributed by atoms with Crippen molar-refractivity contribution in [1.29, 1.82) is 0 Å². The lowest BCUT2D eigenvalue weighted by molar-refractivity contribution is -0.135. The van der Waals surface area contributed by atoms with Crippen LogP contribution in [0.15, 0.2) is 0 Å². The molecule has 1 heterocycles. The van der Waals surface area contributed by atoms with Gasteiger partial charge in [-0.2, -0.15) is 0 Å². The lowest BCUT2D eigenvalue weighted by atomic mass is 10.1. The minimum atomic E-state index is 0. The van der Waals surface area contributed by atoms with Crippen LogP contribution >= 0.6 is 12.4 Å². The molecule has 96 valence electrons. The second-order valence-electron chi connectivity index (χ2n) is 4.14. The van der Waals surface area contributed by atoms with Gasteiger partial charge in [0.15, 0.2) is 0 Å². The van der Waals surface area contributed by atoms with Gasteiger partial charge in [-0.1, -0.05) is 13.3 Å². The molecule has 1 fully saturated rings. The lowest BCUT2D eigenvalue weighted by Gasteiger charge is -2.16. The van der Waals surface area contributed by atoms with Gasteiger partial charge in [0.25, 0.3) is 0 Å². The van der Waals surface area contributed by atoms with Gasteiger partial charge in [-0.25, -0.2) is 0 Å². The van der Waals surface area contributed by atoms with Crippen molar-refractivity contribution in [1.82, 2.24) is 4.90 Å². The monoisotopic (exact) mass is 250 g/mol. The average Bonchev–Trinajstić information content (AvgIpc) is 2.72. The van der Waals surface area contributed by atoms with E-state index in [0.29, 0.717) is 19.1 Å². The van der Waals surface area contributed by atoms with E-state index in [9.17, 15) is 4.79 Å². The van der Waals surface area contributed by atoms with E-state index < -0.39 is 0 Å². The molecule has 0 aliphatic carbocycles. The molecule has 0 spiro atoms. The number of hydrogen-bond acceptors (Lipinski definition) is 3. The van der Waals surface area contributed by atoms with E-state index in [4.69, 9.17) is 10.5 Å². The highest BCUT2D eigenvalue weighted by Gasteiger charge is 2.24. The van der Waals surface area contributed by atoms with E-state index in [1.54, 1.807) is 0 Å². The van der Waals surface area contributed by atoms with Crippen molar-refractivity contribution in [3.05, 3.63) is 0 Å². The van der Waals surface area contributed by atoms with E-state index in [0.717, 1.165) is 32.4 Å². The molecular weight excluding hydrogens is 228 g/mol. The Morgan fingerprint density at radius 3 is 2.88 bits per heavy atom. The quantitative estimate of drug-likeness (QED) is 0.717. The van der Waals surface area contributed by atoms with E-state index in [1.807, 2.05) is 4.90 Å². The number of nitrogens with zero attached hydrogens (tertiary/aromatic N) is 1. The van der Waals surface area contributed by atoms with Crippen LogP contribution in [0.1, 0.15) is 26.2 Å².